The van der Waals surface area contributed by atoms with Crippen LogP contribution < -0.4 is 15.7 Å². The second kappa shape index (κ2) is 13.1. The third-order valence-corrected chi connectivity index (χ3v) is 18.4. The van der Waals surface area contributed by atoms with Gasteiger partial charge in [-0.1, -0.05) is 121 Å². The number of furan rings is 1. The van der Waals surface area contributed by atoms with Gasteiger partial charge >= 0.3 is 6.85 Å². The van der Waals surface area contributed by atoms with E-state index in [1.165, 1.54) is 120 Å². The van der Waals surface area contributed by atoms with Crippen LogP contribution in [0.5, 0.6) is 0 Å². The molecule has 0 radical (unpaired) electrons. The zero-order valence-electron chi connectivity index (χ0n) is 39.3. The van der Waals surface area contributed by atoms with Gasteiger partial charge in [0, 0.05) is 69.9 Å². The van der Waals surface area contributed by atoms with E-state index in [9.17, 15) is 0 Å². The lowest BCUT2D eigenvalue weighted by Gasteiger charge is -2.42. The Hall–Kier alpha value is -6.67. The minimum atomic E-state index is -0.134. The molecule has 4 nitrogen and oxygen atoms in total. The minimum Gasteiger partial charge on any atom is -0.456 e. The van der Waals surface area contributed by atoms with Gasteiger partial charge in [-0.15, -0.1) is 22.7 Å². The third kappa shape index (κ3) is 5.24. The van der Waals surface area contributed by atoms with Crippen LogP contribution in [0.4, 0.5) is 11.4 Å². The lowest BCUT2D eigenvalue weighted by atomic mass is 9.44. The van der Waals surface area contributed by atoms with Crippen LogP contribution in [0.1, 0.15) is 78.0 Å². The molecule has 0 unspecified atom stereocenters. The largest absolute Gasteiger partial charge is 0.456 e. The fourth-order valence-electron chi connectivity index (χ4n) is 12.5. The van der Waals surface area contributed by atoms with Gasteiger partial charge in [0.2, 0.25) is 0 Å². The van der Waals surface area contributed by atoms with Crippen molar-refractivity contribution in [1.82, 2.24) is 9.55 Å². The van der Waals surface area contributed by atoms with E-state index in [1.807, 2.05) is 11.3 Å². The monoisotopic (exact) mass is 913 g/mol. The van der Waals surface area contributed by atoms with Crippen LogP contribution in [0, 0.1) is 0 Å². The van der Waals surface area contributed by atoms with Gasteiger partial charge < -0.3 is 13.8 Å². The van der Waals surface area contributed by atoms with Crippen LogP contribution in [-0.2, 0) is 16.2 Å². The van der Waals surface area contributed by atoms with E-state index < -0.39 is 0 Å². The summed E-state index contributed by atoms with van der Waals surface area (Å²) in [5, 5.41) is 8.63. The summed E-state index contributed by atoms with van der Waals surface area (Å²) in [6.45, 7) is 16.4. The maximum absolute atomic E-state index is 7.04. The van der Waals surface area contributed by atoms with Crippen molar-refractivity contribution in [3.05, 3.63) is 156 Å². The third-order valence-electron chi connectivity index (χ3n) is 16.2. The average Bonchev–Trinajstić information content (AvgIpc) is 4.10. The molecule has 1 aliphatic carbocycles. The Bertz CT molecular complexity index is 4200. The maximum Gasteiger partial charge on any atom is 0.333 e. The summed E-state index contributed by atoms with van der Waals surface area (Å²) in [7, 11) is 0. The van der Waals surface area contributed by atoms with Crippen molar-refractivity contribution < 1.29 is 4.42 Å². The lowest BCUT2D eigenvalue weighted by Crippen LogP contribution is -2.60. The van der Waals surface area contributed by atoms with Crippen molar-refractivity contribution in [3.63, 3.8) is 0 Å². The van der Waals surface area contributed by atoms with Gasteiger partial charge in [0.05, 0.1) is 21.3 Å². The quantitative estimate of drug-likeness (QED) is 0.162. The van der Waals surface area contributed by atoms with E-state index in [1.54, 1.807) is 11.3 Å². The van der Waals surface area contributed by atoms with Crippen LogP contribution in [-0.4, -0.2) is 16.4 Å². The Balaban J connectivity index is 1.08. The molecule has 0 saturated heterocycles. The Labute approximate surface area is 403 Å². The highest BCUT2D eigenvalue weighted by Gasteiger charge is 2.45. The summed E-state index contributed by atoms with van der Waals surface area (Å²) in [6.07, 6.45) is 2.33. The van der Waals surface area contributed by atoms with Gasteiger partial charge in [-0.05, 0) is 129 Å². The lowest BCUT2D eigenvalue weighted by molar-refractivity contribution is 0.332. The average molecular weight is 914 g/mol. The Morgan fingerprint density at radius 3 is 2.12 bits per heavy atom. The first kappa shape index (κ1) is 39.3. The van der Waals surface area contributed by atoms with Crippen molar-refractivity contribution in [1.29, 1.82) is 0 Å². The number of rotatable bonds is 2. The molecular weight excluding hydrogens is 866 g/mol. The standard InChI is InChI=1S/C61H48BN3OS2/c1-59(2,3)34-17-19-35(20-18-34)65-49-27-42-41-26-44-45(61(6,7)24-23-60(44,4)5)29-52(41)66-51(42)28-40(49)37-21-22-38-39-25-43-36-15-11-12-16-53(36)67-54(43)31-48(39)64-50-32-55-47(30-46(50)62(65)56(37)57(38)64)63-58(68-55)33-13-9-8-10-14-33/h8-22,25-32H,23-24H2,1-7H3. The molecule has 15 rings (SSSR count). The topological polar surface area (TPSA) is 34.2 Å². The smallest absolute Gasteiger partial charge is 0.333 e. The zero-order valence-corrected chi connectivity index (χ0v) is 41.0. The number of aromatic nitrogens is 2. The molecule has 6 heterocycles. The van der Waals surface area contributed by atoms with E-state index >= 15 is 0 Å². The summed E-state index contributed by atoms with van der Waals surface area (Å²) in [5.74, 6) is 0. The molecule has 328 valence electrons. The number of anilines is 2. The number of thiazole rings is 1. The van der Waals surface area contributed by atoms with Crippen LogP contribution in [0.15, 0.2) is 144 Å². The van der Waals surface area contributed by atoms with Crippen LogP contribution >= 0.6 is 22.7 Å². The van der Waals surface area contributed by atoms with Crippen molar-refractivity contribution in [2.24, 2.45) is 0 Å². The van der Waals surface area contributed by atoms with E-state index in [-0.39, 0.29) is 23.1 Å². The first-order valence-electron chi connectivity index (χ1n) is 24.2. The van der Waals surface area contributed by atoms with Crippen LogP contribution in [0.25, 0.3) is 102 Å². The SMILES string of the molecule is CC(C)(C)c1ccc(N2B3c4cc5nc(-c6ccccc6)sc5cc4-n4c5cc6sc7ccccc7c6cc5c5ccc(c3c54)-c3cc4oc5cc6c(cc5c4cc32)C(C)(C)CCC6(C)C)cc1. The van der Waals surface area contributed by atoms with Crippen molar-refractivity contribution >= 4 is 126 Å². The number of hydrogen-bond donors (Lipinski definition) is 0. The molecule has 3 aliphatic rings. The minimum absolute atomic E-state index is 0.0185. The highest BCUT2D eigenvalue weighted by atomic mass is 32.1. The zero-order chi connectivity index (χ0) is 45.7. The number of nitrogens with zero attached hydrogens (tertiary/aromatic N) is 3. The molecule has 0 bridgehead atoms. The van der Waals surface area contributed by atoms with Crippen LogP contribution in [0.2, 0.25) is 0 Å². The molecule has 0 saturated carbocycles. The summed E-state index contributed by atoms with van der Waals surface area (Å²) in [6, 6.07) is 53.3. The van der Waals surface area contributed by atoms with Gasteiger partial charge in [-0.25, -0.2) is 4.98 Å². The molecule has 0 spiro atoms. The second-order valence-electron chi connectivity index (χ2n) is 22.2. The summed E-state index contributed by atoms with van der Waals surface area (Å²) >= 11 is 3.68. The normalized spacial score (nSPS) is 15.9. The summed E-state index contributed by atoms with van der Waals surface area (Å²) < 4.78 is 13.5. The van der Waals surface area contributed by atoms with Gasteiger partial charge in [-0.3, -0.25) is 0 Å². The molecule has 12 aromatic rings. The molecule has 0 amide bonds. The molecule has 68 heavy (non-hydrogen) atoms. The van der Waals surface area contributed by atoms with E-state index in [4.69, 9.17) is 9.40 Å². The van der Waals surface area contributed by atoms with Crippen molar-refractivity contribution in [2.45, 2.75) is 77.6 Å². The molecule has 0 fully saturated rings. The first-order chi connectivity index (χ1) is 32.8. The maximum atomic E-state index is 7.04. The fraction of sp³-hybridized carbons (Fsp3) is 0.197. The predicted octanol–water partition coefficient (Wildman–Crippen LogP) is 16.2. The Morgan fingerprint density at radius 1 is 0.588 bits per heavy atom. The number of benzene rings is 8. The highest BCUT2D eigenvalue weighted by Crippen LogP contribution is 2.52. The van der Waals surface area contributed by atoms with Gasteiger partial charge in [0.15, 0.2) is 0 Å². The predicted molar refractivity (Wildman–Crippen MR) is 293 cm³/mol. The van der Waals surface area contributed by atoms with Gasteiger partial charge in [0.1, 0.15) is 16.2 Å². The van der Waals surface area contributed by atoms with Crippen molar-refractivity contribution in [3.8, 4) is 27.4 Å². The van der Waals surface area contributed by atoms with E-state index in [2.05, 4.69) is 197 Å². The molecule has 2 aliphatic heterocycles. The molecule has 0 N–H and O–H groups in total. The van der Waals surface area contributed by atoms with Crippen molar-refractivity contribution in [2.75, 3.05) is 4.81 Å². The van der Waals surface area contributed by atoms with E-state index in [0.717, 1.165) is 33.7 Å². The molecule has 4 aromatic heterocycles. The number of fused-ring (bicyclic) bond motifs is 16. The Kier molecular flexibility index (Phi) is 7.58. The van der Waals surface area contributed by atoms with E-state index in [0.29, 0.717) is 0 Å². The molecule has 7 heteroatoms. The number of thiophene rings is 1. The summed E-state index contributed by atoms with van der Waals surface area (Å²) in [5.41, 5.74) is 19.6. The number of hydrogen-bond acceptors (Lipinski definition) is 5. The van der Waals surface area contributed by atoms with Gasteiger partial charge in [-0.2, -0.15) is 0 Å². The first-order valence-corrected chi connectivity index (χ1v) is 25.8. The fourth-order valence-corrected chi connectivity index (χ4v) is 14.6. The molecule has 8 aromatic carbocycles. The molecular formula is C61H48BN3OS2. The second-order valence-corrected chi connectivity index (χ2v) is 24.3. The summed E-state index contributed by atoms with van der Waals surface area (Å²) in [4.78, 5) is 8.07. The van der Waals surface area contributed by atoms with Crippen LogP contribution in [0.3, 0.4) is 0 Å². The highest BCUT2D eigenvalue weighted by molar-refractivity contribution is 7.26. The molecule has 0 atom stereocenters. The Morgan fingerprint density at radius 2 is 1.32 bits per heavy atom. The van der Waals surface area contributed by atoms with Gasteiger partial charge in [0.25, 0.3) is 0 Å².